The third kappa shape index (κ3) is 1.87. The lowest BCUT2D eigenvalue weighted by Crippen LogP contribution is -2.14. The first-order chi connectivity index (χ1) is 4.37. The van der Waals surface area contributed by atoms with Crippen LogP contribution in [-0.4, -0.2) is 30.7 Å². The minimum Gasteiger partial charge on any atom is -0.278 e. The van der Waals surface area contributed by atoms with Crippen LogP contribution in [0.1, 0.15) is 13.8 Å². The SMILES string of the molecule is CCS(C)(CC)S(=O)(=O)O. The van der Waals surface area contributed by atoms with Gasteiger partial charge in [-0.05, 0) is 17.8 Å². The molecule has 0 rings (SSSR count). The molecule has 0 saturated carbocycles. The molecule has 5 heteroatoms. The number of rotatable bonds is 3. The Bertz CT molecular complexity index is 191. The fourth-order valence-corrected chi connectivity index (χ4v) is 3.29. The van der Waals surface area contributed by atoms with Gasteiger partial charge < -0.3 is 0 Å². The Morgan fingerprint density at radius 1 is 1.20 bits per heavy atom. The summed E-state index contributed by atoms with van der Waals surface area (Å²) in [6.07, 6.45) is 1.63. The molecule has 10 heavy (non-hydrogen) atoms. The van der Waals surface area contributed by atoms with Gasteiger partial charge in [0.15, 0.2) is 0 Å². The second-order valence-electron chi connectivity index (χ2n) is 2.19. The Morgan fingerprint density at radius 2 is 1.50 bits per heavy atom. The van der Waals surface area contributed by atoms with Crippen LogP contribution in [0.25, 0.3) is 0 Å². The zero-order valence-corrected chi connectivity index (χ0v) is 8.13. The molecule has 0 heterocycles. The molecule has 0 unspecified atom stereocenters. The molecule has 0 spiro atoms. The van der Waals surface area contributed by atoms with Crippen molar-refractivity contribution in [2.45, 2.75) is 13.8 Å². The lowest BCUT2D eigenvalue weighted by Gasteiger charge is -2.28. The molecule has 0 bridgehead atoms. The number of hydrogen-bond donors (Lipinski definition) is 1. The Labute approximate surface area is 63.3 Å². The third-order valence-electron chi connectivity index (χ3n) is 1.73. The minimum absolute atomic E-state index is 0.530. The zero-order valence-electron chi connectivity index (χ0n) is 6.49. The van der Waals surface area contributed by atoms with Gasteiger partial charge in [-0.2, -0.15) is 8.42 Å². The summed E-state index contributed by atoms with van der Waals surface area (Å²) < 4.78 is 30.2. The average molecular weight is 186 g/mol. The van der Waals surface area contributed by atoms with E-state index in [0.29, 0.717) is 11.5 Å². The minimum atomic E-state index is -3.78. The summed E-state index contributed by atoms with van der Waals surface area (Å²) in [7, 11) is -5.58. The van der Waals surface area contributed by atoms with Crippen LogP contribution in [0.3, 0.4) is 0 Å². The largest absolute Gasteiger partial charge is 0.302 e. The molecule has 0 aromatic rings. The van der Waals surface area contributed by atoms with E-state index < -0.39 is 18.2 Å². The molecule has 0 atom stereocenters. The predicted molar refractivity (Wildman–Crippen MR) is 46.1 cm³/mol. The Hall–Kier alpha value is 0.260. The molecule has 0 aromatic carbocycles. The summed E-state index contributed by atoms with van der Waals surface area (Å²) in [5.74, 6) is 1.06. The molecule has 1 N–H and O–H groups in total. The van der Waals surface area contributed by atoms with Gasteiger partial charge in [-0.25, -0.2) is 0 Å². The second kappa shape index (κ2) is 3.11. The van der Waals surface area contributed by atoms with Crippen molar-refractivity contribution in [1.29, 1.82) is 0 Å². The highest BCUT2D eigenvalue weighted by molar-refractivity contribution is 8.88. The van der Waals surface area contributed by atoms with Crippen LogP contribution >= 0.6 is 9.06 Å². The zero-order chi connectivity index (χ0) is 8.41. The first-order valence-corrected chi connectivity index (χ1v) is 7.42. The fraction of sp³-hybridized carbons (Fsp3) is 1.00. The van der Waals surface area contributed by atoms with Gasteiger partial charge in [0.2, 0.25) is 0 Å². The molecule has 0 aromatic heterocycles. The van der Waals surface area contributed by atoms with Gasteiger partial charge in [0.1, 0.15) is 0 Å². The van der Waals surface area contributed by atoms with E-state index in [2.05, 4.69) is 0 Å². The molecule has 0 aliphatic heterocycles. The monoisotopic (exact) mass is 186 g/mol. The van der Waals surface area contributed by atoms with Crippen molar-refractivity contribution in [1.82, 2.24) is 0 Å². The van der Waals surface area contributed by atoms with Crippen LogP contribution in [0.15, 0.2) is 0 Å². The van der Waals surface area contributed by atoms with E-state index in [1.807, 2.05) is 0 Å². The van der Waals surface area contributed by atoms with E-state index in [1.54, 1.807) is 20.1 Å². The molecule has 0 saturated heterocycles. The third-order valence-corrected chi connectivity index (χ3v) is 9.65. The van der Waals surface area contributed by atoms with E-state index in [4.69, 9.17) is 4.55 Å². The fourth-order valence-electron chi connectivity index (χ4n) is 0.502. The normalized spacial score (nSPS) is 15.2. The maximum Gasteiger partial charge on any atom is 0.302 e. The standard InChI is InChI=1S/C5H14O3S2/c1-4-9(3,5-2)10(6,7)8/h4-5H2,1-3H3,(H,6,7,8). The first kappa shape index (κ1) is 10.3. The Morgan fingerprint density at radius 3 is 1.50 bits per heavy atom. The van der Waals surface area contributed by atoms with Crippen molar-refractivity contribution in [3.8, 4) is 0 Å². The van der Waals surface area contributed by atoms with Gasteiger partial charge in [-0.15, -0.1) is 9.06 Å². The maximum absolute atomic E-state index is 10.7. The lowest BCUT2D eigenvalue weighted by atomic mass is 11.0. The molecule has 0 amide bonds. The van der Waals surface area contributed by atoms with Crippen LogP contribution in [-0.2, 0) is 9.15 Å². The molecule has 0 aliphatic carbocycles. The van der Waals surface area contributed by atoms with Crippen molar-refractivity contribution in [3.05, 3.63) is 0 Å². The van der Waals surface area contributed by atoms with Crippen LogP contribution in [0.5, 0.6) is 0 Å². The summed E-state index contributed by atoms with van der Waals surface area (Å²) in [6, 6.07) is 0. The van der Waals surface area contributed by atoms with Gasteiger partial charge in [0.25, 0.3) is 0 Å². The van der Waals surface area contributed by atoms with Crippen molar-refractivity contribution in [3.63, 3.8) is 0 Å². The van der Waals surface area contributed by atoms with E-state index in [9.17, 15) is 8.42 Å². The van der Waals surface area contributed by atoms with Crippen molar-refractivity contribution < 1.29 is 13.0 Å². The highest BCUT2D eigenvalue weighted by Crippen LogP contribution is 2.48. The molecule has 0 aliphatic rings. The molecule has 0 fully saturated rings. The predicted octanol–water partition coefficient (Wildman–Crippen LogP) is 1.26. The van der Waals surface area contributed by atoms with Gasteiger partial charge in [0, 0.05) is 0 Å². The molecule has 0 radical (unpaired) electrons. The van der Waals surface area contributed by atoms with Crippen LogP contribution in [0.4, 0.5) is 0 Å². The molecular weight excluding hydrogens is 172 g/mol. The van der Waals surface area contributed by atoms with E-state index in [0.717, 1.165) is 0 Å². The van der Waals surface area contributed by atoms with Crippen molar-refractivity contribution in [2.24, 2.45) is 0 Å². The van der Waals surface area contributed by atoms with Gasteiger partial charge in [-0.3, -0.25) is 4.55 Å². The Balaban J connectivity index is 4.68. The van der Waals surface area contributed by atoms with Gasteiger partial charge in [-0.1, -0.05) is 13.8 Å². The quantitative estimate of drug-likeness (QED) is 0.533. The summed E-state index contributed by atoms with van der Waals surface area (Å²) in [5.41, 5.74) is 0. The average Bonchev–Trinajstić information content (AvgIpc) is 1.84. The van der Waals surface area contributed by atoms with E-state index in [1.165, 1.54) is 0 Å². The van der Waals surface area contributed by atoms with E-state index >= 15 is 0 Å². The van der Waals surface area contributed by atoms with Crippen LogP contribution < -0.4 is 0 Å². The summed E-state index contributed by atoms with van der Waals surface area (Å²) in [5, 5.41) is 0. The van der Waals surface area contributed by atoms with Crippen LogP contribution in [0.2, 0.25) is 0 Å². The summed E-state index contributed by atoms with van der Waals surface area (Å²) in [4.78, 5) is 0. The topological polar surface area (TPSA) is 54.4 Å². The molecule has 64 valence electrons. The molecular formula is C5H14O3S2. The van der Waals surface area contributed by atoms with Gasteiger partial charge >= 0.3 is 9.15 Å². The summed E-state index contributed by atoms with van der Waals surface area (Å²) in [6.45, 7) is 3.57. The maximum atomic E-state index is 10.7. The van der Waals surface area contributed by atoms with Crippen molar-refractivity contribution >= 4 is 18.2 Å². The van der Waals surface area contributed by atoms with Crippen molar-refractivity contribution in [2.75, 3.05) is 17.8 Å². The Kier molecular flexibility index (Phi) is 3.19. The highest BCUT2D eigenvalue weighted by Gasteiger charge is 2.27. The first-order valence-electron chi connectivity index (χ1n) is 3.08. The second-order valence-corrected chi connectivity index (χ2v) is 10.2. The smallest absolute Gasteiger partial charge is 0.278 e. The van der Waals surface area contributed by atoms with Crippen LogP contribution in [0, 0.1) is 0 Å². The van der Waals surface area contributed by atoms with Gasteiger partial charge in [0.05, 0.1) is 0 Å². The lowest BCUT2D eigenvalue weighted by molar-refractivity contribution is 0.501. The van der Waals surface area contributed by atoms with E-state index in [-0.39, 0.29) is 0 Å². The summed E-state index contributed by atoms with van der Waals surface area (Å²) >= 11 is 0. The highest BCUT2D eigenvalue weighted by atomic mass is 33.2. The number of hydrogen-bond acceptors (Lipinski definition) is 2. The molecule has 3 nitrogen and oxygen atoms in total.